The molecule has 0 bridgehead atoms. The molecular formula is H3CrNO2S. The topological polar surface area (TPSA) is 60.2 Å². The average Bonchev–Trinajstić information content (AvgIpc) is 0.811. The fourth-order valence-electron chi connectivity index (χ4n) is 0. The van der Waals surface area contributed by atoms with Gasteiger partial charge in [-0.3, -0.25) is 0 Å². The molecule has 0 fully saturated rings. The predicted molar refractivity (Wildman–Crippen MR) is 14.5 cm³/mol. The van der Waals surface area contributed by atoms with Crippen molar-refractivity contribution in [1.29, 1.82) is 0 Å². The van der Waals surface area contributed by atoms with Gasteiger partial charge >= 0.3 is 0 Å². The van der Waals surface area contributed by atoms with Crippen LogP contribution in [0.25, 0.3) is 0 Å². The van der Waals surface area contributed by atoms with Gasteiger partial charge in [-0.2, -0.15) is 0 Å². The van der Waals surface area contributed by atoms with Crippen LogP contribution in [0.3, 0.4) is 0 Å². The van der Waals surface area contributed by atoms with Gasteiger partial charge in [-0.1, -0.05) is 0 Å². The Bertz CT molecular complexity index is 58.0. The molecular weight excluding hydrogens is 130 g/mol. The zero-order valence-corrected chi connectivity index (χ0v) is 4.42. The fraction of sp³-hybridized carbons (Fsp3) is 0. The predicted octanol–water partition coefficient (Wildman–Crippen LogP) is -1.53. The summed E-state index contributed by atoms with van der Waals surface area (Å²) < 4.78 is 17.6. The minimum Gasteiger partial charge on any atom is -0.231 e. The van der Waals surface area contributed by atoms with Crippen LogP contribution in [0, 0.1) is 0 Å². The maximum absolute atomic E-state index is 8.81. The summed E-state index contributed by atoms with van der Waals surface area (Å²) in [5.41, 5.74) is 0. The standard InChI is InChI=1S/Cr.H3NO2S/c;1-4(2)3/h;4H,(H2,1,2,3). The van der Waals surface area contributed by atoms with Gasteiger partial charge in [-0.15, -0.1) is 0 Å². The van der Waals surface area contributed by atoms with Crippen molar-refractivity contribution >= 4 is 10.9 Å². The Morgan fingerprint density at radius 1 is 1.40 bits per heavy atom. The molecule has 3 nitrogen and oxygen atoms in total. The molecule has 0 unspecified atom stereocenters. The van der Waals surface area contributed by atoms with Crippen molar-refractivity contribution in [2.24, 2.45) is 5.14 Å². The molecule has 0 saturated carbocycles. The molecule has 0 atom stereocenters. The Morgan fingerprint density at radius 2 is 1.40 bits per heavy atom. The second-order valence-corrected chi connectivity index (χ2v) is 0.856. The van der Waals surface area contributed by atoms with Crippen molar-refractivity contribution in [1.82, 2.24) is 0 Å². The van der Waals surface area contributed by atoms with Gasteiger partial charge in [0.05, 0.1) is 0 Å². The number of rotatable bonds is 0. The van der Waals surface area contributed by atoms with Crippen molar-refractivity contribution in [2.45, 2.75) is 0 Å². The second kappa shape index (κ2) is 4.44. The first-order chi connectivity index (χ1) is 1.73. The third kappa shape index (κ3) is 135. The molecule has 0 rings (SSSR count). The largest absolute Gasteiger partial charge is 0.231 e. The summed E-state index contributed by atoms with van der Waals surface area (Å²) in [5.74, 6) is 0. The Morgan fingerprint density at radius 3 is 1.40 bits per heavy atom. The number of thiol groups is 1. The van der Waals surface area contributed by atoms with Gasteiger partial charge in [0, 0.05) is 17.4 Å². The van der Waals surface area contributed by atoms with Crippen molar-refractivity contribution < 1.29 is 25.8 Å². The molecule has 0 spiro atoms. The maximum atomic E-state index is 8.81. The van der Waals surface area contributed by atoms with Crippen LogP contribution in [0.2, 0.25) is 0 Å². The van der Waals surface area contributed by atoms with E-state index in [-0.39, 0.29) is 17.4 Å². The van der Waals surface area contributed by atoms with Gasteiger partial charge < -0.3 is 0 Å². The van der Waals surface area contributed by atoms with Crippen molar-refractivity contribution in [3.63, 3.8) is 0 Å². The molecule has 0 aromatic carbocycles. The Balaban J connectivity index is 0. The molecule has 0 heterocycles. The van der Waals surface area contributed by atoms with Crippen LogP contribution in [0.4, 0.5) is 0 Å². The van der Waals surface area contributed by atoms with Gasteiger partial charge in [0.15, 0.2) is 10.9 Å². The summed E-state index contributed by atoms with van der Waals surface area (Å²) in [4.78, 5) is 0. The van der Waals surface area contributed by atoms with E-state index in [0.717, 1.165) is 0 Å². The summed E-state index contributed by atoms with van der Waals surface area (Å²) in [6, 6.07) is 0. The van der Waals surface area contributed by atoms with Gasteiger partial charge in [0.1, 0.15) is 0 Å². The molecule has 0 amide bonds. The van der Waals surface area contributed by atoms with Crippen LogP contribution < -0.4 is 5.14 Å². The summed E-state index contributed by atoms with van der Waals surface area (Å²) in [6.45, 7) is 0. The summed E-state index contributed by atoms with van der Waals surface area (Å²) in [5, 5.41) is 4.06. The van der Waals surface area contributed by atoms with Crippen LogP contribution in [-0.2, 0) is 28.3 Å². The summed E-state index contributed by atoms with van der Waals surface area (Å²) >= 11 is 0. The molecule has 0 aromatic rings. The van der Waals surface area contributed by atoms with Gasteiger partial charge in [0.2, 0.25) is 0 Å². The van der Waals surface area contributed by atoms with Crippen LogP contribution >= 0.6 is 0 Å². The SMILES string of the molecule is N[SH](=O)=O.[Cr]. The van der Waals surface area contributed by atoms with Crippen LogP contribution in [0.15, 0.2) is 0 Å². The summed E-state index contributed by atoms with van der Waals surface area (Å²) in [6.07, 6.45) is 0. The van der Waals surface area contributed by atoms with Crippen molar-refractivity contribution in [3.8, 4) is 0 Å². The Kier molecular flexibility index (Phi) is 8.05. The third-order valence-corrected chi connectivity index (χ3v) is 0. The Hall–Kier alpha value is 0.442. The molecule has 5 heavy (non-hydrogen) atoms. The molecule has 5 heteroatoms. The first-order valence-electron chi connectivity index (χ1n) is 0.623. The van der Waals surface area contributed by atoms with Crippen LogP contribution in [-0.4, -0.2) is 8.42 Å². The first-order valence-corrected chi connectivity index (χ1v) is 1.87. The minimum atomic E-state index is -2.62. The second-order valence-electron chi connectivity index (χ2n) is 0.285. The normalized spacial score (nSPS) is 6.80. The fourth-order valence-corrected chi connectivity index (χ4v) is 0. The van der Waals surface area contributed by atoms with E-state index in [0.29, 0.717) is 0 Å². The maximum Gasteiger partial charge on any atom is 0.198 e. The zero-order chi connectivity index (χ0) is 3.58. The molecule has 2 N–H and O–H groups in total. The van der Waals surface area contributed by atoms with Gasteiger partial charge in [-0.05, 0) is 0 Å². The van der Waals surface area contributed by atoms with E-state index in [9.17, 15) is 0 Å². The number of hydrogen-bond donors (Lipinski definition) is 2. The van der Waals surface area contributed by atoms with E-state index in [1.165, 1.54) is 0 Å². The van der Waals surface area contributed by atoms with E-state index in [1.807, 2.05) is 0 Å². The molecule has 0 radical (unpaired) electrons. The molecule has 0 aliphatic heterocycles. The minimum absolute atomic E-state index is 0. The number of nitrogens with two attached hydrogens (primary N) is 1. The first kappa shape index (κ1) is 9.06. The average molecular weight is 133 g/mol. The summed E-state index contributed by atoms with van der Waals surface area (Å²) in [7, 11) is -2.62. The van der Waals surface area contributed by atoms with Gasteiger partial charge in [0.25, 0.3) is 0 Å². The Labute approximate surface area is 42.4 Å². The van der Waals surface area contributed by atoms with E-state index >= 15 is 0 Å². The van der Waals surface area contributed by atoms with E-state index in [2.05, 4.69) is 5.14 Å². The van der Waals surface area contributed by atoms with Gasteiger partial charge in [-0.25, -0.2) is 13.6 Å². The van der Waals surface area contributed by atoms with E-state index < -0.39 is 10.9 Å². The molecule has 0 aromatic heterocycles. The molecule has 0 aliphatic rings. The monoisotopic (exact) mass is 133 g/mol. The van der Waals surface area contributed by atoms with Crippen molar-refractivity contribution in [2.75, 3.05) is 0 Å². The van der Waals surface area contributed by atoms with E-state index in [4.69, 9.17) is 8.42 Å². The van der Waals surface area contributed by atoms with Crippen LogP contribution in [0.1, 0.15) is 0 Å². The third-order valence-electron chi connectivity index (χ3n) is 0. The van der Waals surface area contributed by atoms with E-state index in [1.54, 1.807) is 0 Å². The molecule has 0 saturated heterocycles. The van der Waals surface area contributed by atoms with Crippen molar-refractivity contribution in [3.05, 3.63) is 0 Å². The quantitative estimate of drug-likeness (QED) is 0.394. The molecule has 32 valence electrons. The molecule has 0 aliphatic carbocycles. The zero-order valence-electron chi connectivity index (χ0n) is 2.25. The smallest absolute Gasteiger partial charge is 0.198 e. The van der Waals surface area contributed by atoms with Crippen LogP contribution in [0.5, 0.6) is 0 Å². The number of hydrogen-bond acceptors (Lipinski definition) is 2.